The molecule has 2 N–H and O–H groups in total. The fourth-order valence-corrected chi connectivity index (χ4v) is 3.72. The number of benzene rings is 2. The van der Waals surface area contributed by atoms with Crippen molar-refractivity contribution in [3.8, 4) is 0 Å². The van der Waals surface area contributed by atoms with E-state index in [2.05, 4.69) is 4.98 Å². The van der Waals surface area contributed by atoms with Crippen molar-refractivity contribution in [3.05, 3.63) is 57.8 Å². The van der Waals surface area contributed by atoms with Crippen LogP contribution in [-0.4, -0.2) is 40.0 Å². The first kappa shape index (κ1) is 18.1. The summed E-state index contributed by atoms with van der Waals surface area (Å²) in [6.45, 7) is 0.374. The number of amides is 1. The monoisotopic (exact) mass is 386 g/mol. The van der Waals surface area contributed by atoms with E-state index in [4.69, 9.17) is 0 Å². The molecule has 8 heteroatoms. The maximum Gasteiger partial charge on any atom is 0.308 e. The van der Waals surface area contributed by atoms with Crippen molar-refractivity contribution in [3.63, 3.8) is 0 Å². The van der Waals surface area contributed by atoms with Gasteiger partial charge in [-0.1, -0.05) is 0 Å². The van der Waals surface area contributed by atoms with Crippen LogP contribution in [0.3, 0.4) is 0 Å². The minimum absolute atomic E-state index is 0.0230. The zero-order chi connectivity index (χ0) is 20.0. The number of aromatic amines is 1. The van der Waals surface area contributed by atoms with Gasteiger partial charge in [-0.3, -0.25) is 14.4 Å². The molecule has 1 saturated heterocycles. The second-order valence-corrected chi connectivity index (χ2v) is 6.95. The molecule has 0 bridgehead atoms. The van der Waals surface area contributed by atoms with E-state index in [1.165, 1.54) is 17.0 Å². The van der Waals surface area contributed by atoms with Crippen LogP contribution in [0.5, 0.6) is 0 Å². The highest BCUT2D eigenvalue weighted by atomic mass is 19.1. The first-order valence-electron chi connectivity index (χ1n) is 8.82. The minimum atomic E-state index is -0.983. The predicted octanol–water partition coefficient (Wildman–Crippen LogP) is 2.90. The standard InChI is InChI=1S/C20H16F2N2O4/c21-11-3-4-16-13(6-11)18(25)14-7-12(22)8-15(17(14)23-16)19(26)24-5-1-2-10(9-24)20(27)28/h3-4,6-8,10H,1-2,5,9H2,(H,23,25)(H,27,28). The van der Waals surface area contributed by atoms with Gasteiger partial charge in [-0.2, -0.15) is 0 Å². The number of halogens is 2. The quantitative estimate of drug-likeness (QED) is 0.663. The molecule has 0 aliphatic carbocycles. The SMILES string of the molecule is O=C(O)C1CCCN(C(=O)c2cc(F)cc3c(=O)c4cc(F)ccc4[nH]c23)C1. The molecule has 28 heavy (non-hydrogen) atoms. The molecule has 6 nitrogen and oxygen atoms in total. The average Bonchev–Trinajstić information content (AvgIpc) is 2.68. The highest BCUT2D eigenvalue weighted by Crippen LogP contribution is 2.24. The second kappa shape index (κ2) is 6.70. The molecule has 144 valence electrons. The molecule has 1 aliphatic rings. The number of hydrogen-bond acceptors (Lipinski definition) is 3. The summed E-state index contributed by atoms with van der Waals surface area (Å²) in [6, 6.07) is 5.65. The maximum atomic E-state index is 14.2. The summed E-state index contributed by atoms with van der Waals surface area (Å²) in [4.78, 5) is 41.3. The highest BCUT2D eigenvalue weighted by Gasteiger charge is 2.30. The predicted molar refractivity (Wildman–Crippen MR) is 98.3 cm³/mol. The lowest BCUT2D eigenvalue weighted by molar-refractivity contribution is -0.143. The Morgan fingerprint density at radius 1 is 1.11 bits per heavy atom. The van der Waals surface area contributed by atoms with E-state index in [0.29, 0.717) is 24.9 Å². The summed E-state index contributed by atoms with van der Waals surface area (Å²) in [7, 11) is 0. The van der Waals surface area contributed by atoms with Crippen molar-refractivity contribution in [2.24, 2.45) is 5.92 Å². The number of carboxylic acid groups (broad SMARTS) is 1. The topological polar surface area (TPSA) is 90.5 Å². The Morgan fingerprint density at radius 3 is 2.61 bits per heavy atom. The zero-order valence-corrected chi connectivity index (χ0v) is 14.7. The molecule has 1 amide bonds. The number of H-pyrrole nitrogens is 1. The molecule has 1 atom stereocenters. The van der Waals surface area contributed by atoms with E-state index in [1.807, 2.05) is 0 Å². The lowest BCUT2D eigenvalue weighted by Crippen LogP contribution is -2.42. The van der Waals surface area contributed by atoms with Gasteiger partial charge < -0.3 is 15.0 Å². The lowest BCUT2D eigenvalue weighted by atomic mass is 9.97. The molecule has 4 rings (SSSR count). The number of aromatic nitrogens is 1. The molecule has 3 aromatic rings. The van der Waals surface area contributed by atoms with E-state index in [0.717, 1.165) is 18.2 Å². The third kappa shape index (κ3) is 3.00. The van der Waals surface area contributed by atoms with Crippen LogP contribution in [0.4, 0.5) is 8.78 Å². The van der Waals surface area contributed by atoms with Crippen molar-refractivity contribution in [2.45, 2.75) is 12.8 Å². The smallest absolute Gasteiger partial charge is 0.308 e. The largest absolute Gasteiger partial charge is 0.481 e. The molecule has 0 spiro atoms. The number of carbonyl (C=O) groups is 2. The lowest BCUT2D eigenvalue weighted by Gasteiger charge is -2.31. The van der Waals surface area contributed by atoms with Crippen molar-refractivity contribution >= 4 is 33.7 Å². The van der Waals surface area contributed by atoms with Crippen LogP contribution in [0.15, 0.2) is 35.1 Å². The van der Waals surface area contributed by atoms with Crippen LogP contribution < -0.4 is 5.43 Å². The number of aliphatic carboxylic acids is 1. The van der Waals surface area contributed by atoms with Gasteiger partial charge in [-0.05, 0) is 43.2 Å². The molecule has 1 aliphatic heterocycles. The number of hydrogen-bond donors (Lipinski definition) is 2. The Balaban J connectivity index is 1.88. The highest BCUT2D eigenvalue weighted by molar-refractivity contribution is 6.07. The van der Waals surface area contributed by atoms with E-state index in [1.54, 1.807) is 0 Å². The Bertz CT molecular complexity index is 1190. The fraction of sp³-hybridized carbons (Fsp3) is 0.250. The third-order valence-electron chi connectivity index (χ3n) is 5.12. The molecule has 0 radical (unpaired) electrons. The Hall–Kier alpha value is -3.29. The van der Waals surface area contributed by atoms with Crippen LogP contribution >= 0.6 is 0 Å². The minimum Gasteiger partial charge on any atom is -0.481 e. The molecular weight excluding hydrogens is 370 g/mol. The normalized spacial score (nSPS) is 17.2. The Kier molecular flexibility index (Phi) is 4.33. The number of nitrogens with one attached hydrogen (secondary N) is 1. The Labute approximate surface area is 157 Å². The van der Waals surface area contributed by atoms with Gasteiger partial charge in [0.2, 0.25) is 0 Å². The van der Waals surface area contributed by atoms with Gasteiger partial charge in [-0.15, -0.1) is 0 Å². The summed E-state index contributed by atoms with van der Waals surface area (Å²) >= 11 is 0. The van der Waals surface area contributed by atoms with Crippen LogP contribution in [0, 0.1) is 17.6 Å². The van der Waals surface area contributed by atoms with E-state index in [9.17, 15) is 28.3 Å². The average molecular weight is 386 g/mol. The summed E-state index contributed by atoms with van der Waals surface area (Å²) in [5, 5.41) is 9.22. The second-order valence-electron chi connectivity index (χ2n) is 6.95. The van der Waals surface area contributed by atoms with Crippen molar-refractivity contribution in [1.29, 1.82) is 0 Å². The molecule has 1 fully saturated rings. The maximum absolute atomic E-state index is 14.2. The number of fused-ring (bicyclic) bond motifs is 2. The molecule has 1 aromatic heterocycles. The first-order chi connectivity index (χ1) is 13.3. The first-order valence-corrected chi connectivity index (χ1v) is 8.82. The number of pyridine rings is 1. The number of piperidine rings is 1. The van der Waals surface area contributed by atoms with Crippen LogP contribution in [0.1, 0.15) is 23.2 Å². The van der Waals surface area contributed by atoms with Crippen LogP contribution in [-0.2, 0) is 4.79 Å². The molecule has 2 heterocycles. The van der Waals surface area contributed by atoms with Gasteiger partial charge in [0, 0.05) is 29.4 Å². The van der Waals surface area contributed by atoms with Crippen molar-refractivity contribution in [2.75, 3.05) is 13.1 Å². The van der Waals surface area contributed by atoms with Gasteiger partial charge in [0.15, 0.2) is 5.43 Å². The van der Waals surface area contributed by atoms with Gasteiger partial charge in [0.05, 0.1) is 17.0 Å². The Morgan fingerprint density at radius 2 is 1.86 bits per heavy atom. The summed E-state index contributed by atoms with van der Waals surface area (Å²) < 4.78 is 27.7. The summed E-state index contributed by atoms with van der Waals surface area (Å²) in [5.41, 5.74) is -0.169. The van der Waals surface area contributed by atoms with Crippen LogP contribution in [0.25, 0.3) is 21.8 Å². The summed E-state index contributed by atoms with van der Waals surface area (Å²) in [6.07, 6.45) is 0.991. The number of rotatable bonds is 2. The van der Waals surface area contributed by atoms with E-state index >= 15 is 0 Å². The van der Waals surface area contributed by atoms with Crippen molar-refractivity contribution < 1.29 is 23.5 Å². The summed E-state index contributed by atoms with van der Waals surface area (Å²) in [5.74, 6) is -3.59. The number of carboxylic acids is 1. The molecule has 1 unspecified atom stereocenters. The molecule has 2 aromatic carbocycles. The van der Waals surface area contributed by atoms with Gasteiger partial charge in [0.25, 0.3) is 5.91 Å². The van der Waals surface area contributed by atoms with E-state index < -0.39 is 34.9 Å². The third-order valence-corrected chi connectivity index (χ3v) is 5.12. The fourth-order valence-electron chi connectivity index (χ4n) is 3.72. The van der Waals surface area contributed by atoms with Gasteiger partial charge >= 0.3 is 5.97 Å². The van der Waals surface area contributed by atoms with Gasteiger partial charge in [-0.25, -0.2) is 8.78 Å². The number of likely N-dealkylation sites (tertiary alicyclic amines) is 1. The van der Waals surface area contributed by atoms with Crippen molar-refractivity contribution in [1.82, 2.24) is 9.88 Å². The zero-order valence-electron chi connectivity index (χ0n) is 14.7. The number of carbonyl (C=O) groups excluding carboxylic acids is 1. The van der Waals surface area contributed by atoms with E-state index in [-0.39, 0.29) is 28.4 Å². The molecule has 0 saturated carbocycles. The molecular formula is C20H16F2N2O4. The van der Waals surface area contributed by atoms with Crippen LogP contribution in [0.2, 0.25) is 0 Å². The van der Waals surface area contributed by atoms with Gasteiger partial charge in [0.1, 0.15) is 11.6 Å². The number of nitrogens with zero attached hydrogens (tertiary/aromatic N) is 1.